The van der Waals surface area contributed by atoms with E-state index >= 15 is 0 Å². The third kappa shape index (κ3) is 4.67. The van der Waals surface area contributed by atoms with Gasteiger partial charge >= 0.3 is 0 Å². The maximum absolute atomic E-state index is 12.2. The van der Waals surface area contributed by atoms with E-state index in [-0.39, 0.29) is 17.7 Å². The first-order chi connectivity index (χ1) is 12.3. The molecule has 134 valence electrons. The predicted octanol–water partition coefficient (Wildman–Crippen LogP) is 0.500. The number of rotatable bonds is 6. The summed E-state index contributed by atoms with van der Waals surface area (Å²) in [7, 11) is 0. The van der Waals surface area contributed by atoms with E-state index in [1.54, 1.807) is 19.1 Å². The number of primary amides is 1. The molecule has 8 nitrogen and oxygen atoms in total. The number of carbonyl (C=O) groups is 3. The molecule has 5 N–H and O–H groups in total. The van der Waals surface area contributed by atoms with Crippen LogP contribution in [0, 0.1) is 6.92 Å². The van der Waals surface area contributed by atoms with Crippen LogP contribution in [0.3, 0.4) is 0 Å². The maximum Gasteiger partial charge on any atom is 0.263 e. The zero-order chi connectivity index (χ0) is 19.3. The summed E-state index contributed by atoms with van der Waals surface area (Å²) in [6, 6.07) is 7.56. The number of hydrogen-bond donors (Lipinski definition) is 4. The number of aromatic amines is 1. The number of aryl methyl sites for hydroxylation is 1. The normalized spacial score (nSPS) is 10.7. The van der Waals surface area contributed by atoms with Gasteiger partial charge < -0.3 is 21.1 Å². The molecule has 0 spiro atoms. The molecule has 8 heteroatoms. The van der Waals surface area contributed by atoms with Crippen molar-refractivity contribution in [3.8, 4) is 5.75 Å². The van der Waals surface area contributed by atoms with E-state index in [1.807, 2.05) is 0 Å². The van der Waals surface area contributed by atoms with E-state index in [4.69, 9.17) is 5.73 Å². The van der Waals surface area contributed by atoms with Gasteiger partial charge in [-0.1, -0.05) is 18.2 Å². The zero-order valence-electron chi connectivity index (χ0n) is 13.9. The van der Waals surface area contributed by atoms with Crippen molar-refractivity contribution in [2.24, 2.45) is 5.73 Å². The molecule has 0 atom stereocenters. The first kappa shape index (κ1) is 18.7. The van der Waals surface area contributed by atoms with Gasteiger partial charge in [-0.15, -0.1) is 0 Å². The number of hydrogen-bond acceptors (Lipinski definition) is 5. The van der Waals surface area contributed by atoms with Crippen LogP contribution in [0.15, 0.2) is 41.2 Å². The molecule has 0 fully saturated rings. The summed E-state index contributed by atoms with van der Waals surface area (Å²) in [5, 5.41) is 12.1. The summed E-state index contributed by atoms with van der Waals surface area (Å²) in [5.41, 5.74) is 5.15. The van der Waals surface area contributed by atoms with Gasteiger partial charge in [0.05, 0.1) is 6.54 Å². The van der Waals surface area contributed by atoms with E-state index in [1.165, 1.54) is 24.3 Å². The van der Waals surface area contributed by atoms with Crippen LogP contribution in [0.2, 0.25) is 0 Å². The molecule has 0 unspecified atom stereocenters. The number of aromatic nitrogens is 1. The quantitative estimate of drug-likeness (QED) is 0.441. The lowest BCUT2D eigenvalue weighted by Crippen LogP contribution is -2.33. The second-order valence-electron chi connectivity index (χ2n) is 5.51. The molecular formula is C18H17N3O5. The first-order valence-electron chi connectivity index (χ1n) is 7.60. The van der Waals surface area contributed by atoms with Gasteiger partial charge in [-0.2, -0.15) is 0 Å². The third-order valence-electron chi connectivity index (χ3n) is 3.39. The van der Waals surface area contributed by atoms with Crippen molar-refractivity contribution in [3.63, 3.8) is 0 Å². The summed E-state index contributed by atoms with van der Waals surface area (Å²) in [4.78, 5) is 49.0. The lowest BCUT2D eigenvalue weighted by molar-refractivity contribution is -0.117. The highest BCUT2D eigenvalue weighted by Crippen LogP contribution is 2.15. The Balaban J connectivity index is 2.20. The third-order valence-corrected chi connectivity index (χ3v) is 3.39. The summed E-state index contributed by atoms with van der Waals surface area (Å²) in [5.74, 6) is -2.23. The molecule has 0 aliphatic rings. The molecule has 0 bridgehead atoms. The predicted molar refractivity (Wildman–Crippen MR) is 94.8 cm³/mol. The number of carbonyl (C=O) groups excluding carboxylic acids is 3. The SMILES string of the molecule is Cc1cc(O)c(C(=O)/C=C/c2cccc(C(=O)NCC(N)=O)c2)c(=O)[nH]1. The van der Waals surface area contributed by atoms with E-state index in [9.17, 15) is 24.3 Å². The first-order valence-corrected chi connectivity index (χ1v) is 7.60. The summed E-state index contributed by atoms with van der Waals surface area (Å²) < 4.78 is 0. The number of nitrogens with two attached hydrogens (primary N) is 1. The van der Waals surface area contributed by atoms with Crippen molar-refractivity contribution in [1.82, 2.24) is 10.3 Å². The minimum Gasteiger partial charge on any atom is -0.507 e. The van der Waals surface area contributed by atoms with E-state index < -0.39 is 28.9 Å². The molecule has 0 aliphatic carbocycles. The van der Waals surface area contributed by atoms with Crippen LogP contribution in [0.1, 0.15) is 32.0 Å². The van der Waals surface area contributed by atoms with Crippen LogP contribution < -0.4 is 16.6 Å². The fraction of sp³-hybridized carbons (Fsp3) is 0.111. The molecule has 0 saturated carbocycles. The fourth-order valence-corrected chi connectivity index (χ4v) is 2.22. The number of ketones is 1. The molecule has 1 heterocycles. The van der Waals surface area contributed by atoms with Gasteiger partial charge in [0.15, 0.2) is 5.78 Å². The molecule has 0 saturated heterocycles. The largest absolute Gasteiger partial charge is 0.507 e. The Morgan fingerprint density at radius 2 is 2.00 bits per heavy atom. The van der Waals surface area contributed by atoms with E-state index in [2.05, 4.69) is 10.3 Å². The van der Waals surface area contributed by atoms with Crippen molar-refractivity contribution in [2.75, 3.05) is 6.54 Å². The van der Waals surface area contributed by atoms with Gasteiger partial charge in [0.25, 0.3) is 11.5 Å². The Hall–Kier alpha value is -3.68. The Labute approximate surface area is 148 Å². The van der Waals surface area contributed by atoms with Crippen molar-refractivity contribution in [1.29, 1.82) is 0 Å². The van der Waals surface area contributed by atoms with Crippen LogP contribution in [0.4, 0.5) is 0 Å². The Kier molecular flexibility index (Phi) is 5.69. The van der Waals surface area contributed by atoms with Crippen molar-refractivity contribution < 1.29 is 19.5 Å². The molecule has 1 aromatic heterocycles. The monoisotopic (exact) mass is 355 g/mol. The molecule has 1 aromatic carbocycles. The summed E-state index contributed by atoms with van der Waals surface area (Å²) in [6.45, 7) is 1.30. The Morgan fingerprint density at radius 3 is 2.65 bits per heavy atom. The number of aromatic hydroxyl groups is 1. The minimum absolute atomic E-state index is 0.275. The highest BCUT2D eigenvalue weighted by molar-refractivity contribution is 6.08. The van der Waals surface area contributed by atoms with E-state index in [0.717, 1.165) is 6.08 Å². The summed E-state index contributed by atoms with van der Waals surface area (Å²) in [6.07, 6.45) is 2.53. The number of pyridine rings is 1. The van der Waals surface area contributed by atoms with E-state index in [0.29, 0.717) is 11.3 Å². The average molecular weight is 355 g/mol. The van der Waals surface area contributed by atoms with Gasteiger partial charge in [-0.05, 0) is 36.8 Å². The lowest BCUT2D eigenvalue weighted by Gasteiger charge is -2.04. The highest BCUT2D eigenvalue weighted by Gasteiger charge is 2.14. The number of benzene rings is 1. The minimum atomic E-state index is -0.684. The maximum atomic E-state index is 12.2. The molecule has 26 heavy (non-hydrogen) atoms. The van der Waals surface area contributed by atoms with Gasteiger partial charge in [-0.3, -0.25) is 19.2 Å². The van der Waals surface area contributed by atoms with Crippen LogP contribution in [-0.4, -0.2) is 34.2 Å². The van der Waals surface area contributed by atoms with Crippen LogP contribution in [0.5, 0.6) is 5.75 Å². The van der Waals surface area contributed by atoms with Crippen LogP contribution in [0.25, 0.3) is 6.08 Å². The van der Waals surface area contributed by atoms with Crippen LogP contribution >= 0.6 is 0 Å². The van der Waals surface area contributed by atoms with Gasteiger partial charge in [-0.25, -0.2) is 0 Å². The average Bonchev–Trinajstić information content (AvgIpc) is 2.57. The smallest absolute Gasteiger partial charge is 0.263 e. The van der Waals surface area contributed by atoms with Crippen molar-refractivity contribution in [3.05, 3.63) is 69.1 Å². The lowest BCUT2D eigenvalue weighted by atomic mass is 10.1. The second kappa shape index (κ2) is 7.93. The Morgan fingerprint density at radius 1 is 1.27 bits per heavy atom. The molecule has 2 aromatic rings. The number of nitrogens with one attached hydrogen (secondary N) is 2. The standard InChI is InChI=1S/C18H17N3O5/c1-10-7-14(23)16(18(26)21-10)13(22)6-5-11-3-2-4-12(8-11)17(25)20-9-15(19)24/h2-8H,9H2,1H3,(H2,19,24)(H,20,25)(H2,21,23,26)/b6-5+. The van der Waals surface area contributed by atoms with Gasteiger partial charge in [0.2, 0.25) is 5.91 Å². The summed E-state index contributed by atoms with van der Waals surface area (Å²) >= 11 is 0. The number of amides is 2. The number of H-pyrrole nitrogens is 1. The molecule has 2 rings (SSSR count). The molecule has 0 aliphatic heterocycles. The van der Waals surface area contributed by atoms with Crippen molar-refractivity contribution in [2.45, 2.75) is 6.92 Å². The second-order valence-corrected chi connectivity index (χ2v) is 5.51. The molecule has 0 radical (unpaired) electrons. The highest BCUT2D eigenvalue weighted by atomic mass is 16.3. The molecular weight excluding hydrogens is 338 g/mol. The van der Waals surface area contributed by atoms with Gasteiger partial charge in [0, 0.05) is 11.3 Å². The van der Waals surface area contributed by atoms with Crippen LogP contribution in [-0.2, 0) is 4.79 Å². The van der Waals surface area contributed by atoms with Gasteiger partial charge in [0.1, 0.15) is 11.3 Å². The Bertz CT molecular complexity index is 960. The number of allylic oxidation sites excluding steroid dienone is 1. The van der Waals surface area contributed by atoms with Crippen molar-refractivity contribution >= 4 is 23.7 Å². The molecule has 2 amide bonds. The zero-order valence-corrected chi connectivity index (χ0v) is 13.9. The fourth-order valence-electron chi connectivity index (χ4n) is 2.22. The topological polar surface area (TPSA) is 142 Å².